The number of fused-ring (bicyclic) bond motifs is 3. The second kappa shape index (κ2) is 18.2. The van der Waals surface area contributed by atoms with Crippen LogP contribution in [-0.4, -0.2) is 14.1 Å². The maximum absolute atomic E-state index is 7.12. The average molecular weight is 959 g/mol. The van der Waals surface area contributed by atoms with Gasteiger partial charge in [-0.25, -0.2) is 4.98 Å². The van der Waals surface area contributed by atoms with Crippen LogP contribution in [0.25, 0.3) is 50.1 Å². The molecule has 0 fully saturated rings. The molecule has 0 bridgehead atoms. The minimum atomic E-state index is -0.410. The third kappa shape index (κ3) is 9.54. The molecule has 7 aromatic carbocycles. The van der Waals surface area contributed by atoms with Gasteiger partial charge in [-0.15, -0.1) is 0 Å². The Morgan fingerprint density at radius 3 is 1.68 bits per heavy atom. The Kier molecular flexibility index (Phi) is 12.2. The lowest BCUT2D eigenvalue weighted by Gasteiger charge is -2.30. The summed E-state index contributed by atoms with van der Waals surface area (Å²) in [5, 5.41) is 2.30. The van der Waals surface area contributed by atoms with Crippen molar-refractivity contribution in [3.05, 3.63) is 234 Å². The van der Waals surface area contributed by atoms with Crippen LogP contribution in [-0.2, 0) is 27.1 Å². The van der Waals surface area contributed by atoms with Gasteiger partial charge in [0.05, 0.1) is 28.1 Å². The predicted molar refractivity (Wildman–Crippen MR) is 303 cm³/mol. The fourth-order valence-corrected chi connectivity index (χ4v) is 10.2. The number of nitrogens with zero attached hydrogens (tertiary/aromatic N) is 4. The number of imidazole rings is 1. The summed E-state index contributed by atoms with van der Waals surface area (Å²) in [6.45, 7) is 29.8. The quantitative estimate of drug-likeness (QED) is 0.101. The first-order valence-corrected chi connectivity index (χ1v) is 25.8. The number of hydrogen-bond donors (Lipinski definition) is 0. The van der Waals surface area contributed by atoms with E-state index in [1.165, 1.54) is 38.9 Å². The van der Waals surface area contributed by atoms with Crippen LogP contribution >= 0.6 is 0 Å². The van der Waals surface area contributed by atoms with E-state index in [-0.39, 0.29) is 21.7 Å². The maximum Gasteiger partial charge on any atom is 0.269 e. The van der Waals surface area contributed by atoms with Crippen LogP contribution < -0.4 is 9.30 Å². The van der Waals surface area contributed by atoms with E-state index in [0.717, 1.165) is 61.8 Å². The van der Waals surface area contributed by atoms with Crippen LogP contribution in [0.4, 0.5) is 0 Å². The van der Waals surface area contributed by atoms with Gasteiger partial charge in [-0.05, 0) is 127 Å². The zero-order chi connectivity index (χ0) is 51.7. The van der Waals surface area contributed by atoms with Gasteiger partial charge in [-0.3, -0.25) is 13.7 Å². The zero-order valence-electron chi connectivity index (χ0n) is 45.1. The molecule has 0 atom stereocenters. The van der Waals surface area contributed by atoms with E-state index in [4.69, 9.17) is 9.72 Å². The first kappa shape index (κ1) is 49.1. The molecule has 5 nitrogen and oxygen atoms in total. The molecule has 368 valence electrons. The predicted octanol–water partition coefficient (Wildman–Crippen LogP) is 17.0. The second-order valence-corrected chi connectivity index (χ2v) is 24.2. The van der Waals surface area contributed by atoms with Gasteiger partial charge >= 0.3 is 0 Å². The normalized spacial score (nSPS) is 12.7. The van der Waals surface area contributed by atoms with Gasteiger partial charge in [0.1, 0.15) is 17.3 Å². The van der Waals surface area contributed by atoms with Crippen molar-refractivity contribution in [3.63, 3.8) is 0 Å². The van der Waals surface area contributed by atoms with Crippen LogP contribution in [0.1, 0.15) is 129 Å². The first-order valence-electron chi connectivity index (χ1n) is 25.8. The fraction of sp³-hybridized carbons (Fsp3) is 0.265. The van der Waals surface area contributed by atoms with E-state index < -0.39 is 5.41 Å². The van der Waals surface area contributed by atoms with Crippen molar-refractivity contribution in [2.45, 2.75) is 117 Å². The van der Waals surface area contributed by atoms with Crippen molar-refractivity contribution >= 4 is 21.8 Å². The average Bonchev–Trinajstić information content (AvgIpc) is 3.97. The van der Waals surface area contributed by atoms with Gasteiger partial charge in [0.25, 0.3) is 6.33 Å². The molecule has 0 saturated heterocycles. The molecule has 0 aliphatic heterocycles. The van der Waals surface area contributed by atoms with Crippen molar-refractivity contribution in [2.24, 2.45) is 0 Å². The molecule has 0 saturated carbocycles. The first-order chi connectivity index (χ1) is 34.6. The van der Waals surface area contributed by atoms with Crippen molar-refractivity contribution < 1.29 is 9.30 Å². The Morgan fingerprint density at radius 2 is 1.04 bits per heavy atom. The van der Waals surface area contributed by atoms with Crippen molar-refractivity contribution in [1.82, 2.24) is 14.1 Å². The van der Waals surface area contributed by atoms with Crippen molar-refractivity contribution in [3.8, 4) is 39.8 Å². The van der Waals surface area contributed by atoms with Crippen LogP contribution in [0.5, 0.6) is 11.5 Å². The van der Waals surface area contributed by atoms with E-state index in [0.29, 0.717) is 0 Å². The van der Waals surface area contributed by atoms with Gasteiger partial charge in [-0.1, -0.05) is 193 Å². The molecule has 0 unspecified atom stereocenters. The minimum Gasteiger partial charge on any atom is -0.458 e. The molecule has 10 aromatic rings. The topological polar surface area (TPSA) is 35.9 Å². The lowest BCUT2D eigenvalue weighted by Crippen LogP contribution is -2.31. The van der Waals surface area contributed by atoms with E-state index in [1.807, 2.05) is 6.20 Å². The molecule has 3 aromatic heterocycles. The van der Waals surface area contributed by atoms with E-state index >= 15 is 0 Å². The Hall–Kier alpha value is -7.50. The van der Waals surface area contributed by atoms with Gasteiger partial charge in [0.2, 0.25) is 0 Å². The highest BCUT2D eigenvalue weighted by atomic mass is 16.5. The summed E-state index contributed by atoms with van der Waals surface area (Å²) in [4.78, 5) is 5.01. The molecular formula is C68H70N4O. The standard InChI is InChI=1S/C68H70N4O/c1-64(2,3)50-33-34-69-63(41-50)72-60-32-29-47(46-23-17-14-18-24-46)35-59(60)58-31-30-56(43-61(58)72)73-57-40-52(66(7,8)9)38-55(42-57)71-45-70(44-62(71)68(12,13)49-27-21-16-22-28-49)54-37-51(65(4,5)6)36-53(39-54)67(10,11)48-25-19-15-20-26-48/h14-44H,1-13H3. The van der Waals surface area contributed by atoms with E-state index in [9.17, 15) is 0 Å². The monoisotopic (exact) mass is 959 g/mol. The van der Waals surface area contributed by atoms with Crippen molar-refractivity contribution in [1.29, 1.82) is 0 Å². The summed E-state index contributed by atoms with van der Waals surface area (Å²) in [6, 6.07) is 63.7. The number of benzene rings is 7. The highest BCUT2D eigenvalue weighted by Crippen LogP contribution is 2.41. The summed E-state index contributed by atoms with van der Waals surface area (Å²) in [6.07, 6.45) is 8.15. The largest absolute Gasteiger partial charge is 0.458 e. The second-order valence-electron chi connectivity index (χ2n) is 24.2. The summed E-state index contributed by atoms with van der Waals surface area (Å²) in [7, 11) is 0. The number of rotatable bonds is 10. The van der Waals surface area contributed by atoms with Crippen LogP contribution in [0, 0.1) is 6.33 Å². The van der Waals surface area contributed by atoms with E-state index in [2.05, 4.69) is 292 Å². The third-order valence-electron chi connectivity index (χ3n) is 15.1. The Labute approximate surface area is 433 Å². The lowest BCUT2D eigenvalue weighted by atomic mass is 9.75. The number of hydrogen-bond acceptors (Lipinski definition) is 2. The fourth-order valence-electron chi connectivity index (χ4n) is 10.2. The van der Waals surface area contributed by atoms with Crippen LogP contribution in [0.3, 0.4) is 0 Å². The molecule has 73 heavy (non-hydrogen) atoms. The highest BCUT2D eigenvalue weighted by molar-refractivity contribution is 6.10. The smallest absolute Gasteiger partial charge is 0.269 e. The molecular weight excluding hydrogens is 889 g/mol. The zero-order valence-corrected chi connectivity index (χ0v) is 45.1. The van der Waals surface area contributed by atoms with Gasteiger partial charge in [0, 0.05) is 40.1 Å². The van der Waals surface area contributed by atoms with Crippen molar-refractivity contribution in [2.75, 3.05) is 0 Å². The third-order valence-corrected chi connectivity index (χ3v) is 15.1. The van der Waals surface area contributed by atoms with Gasteiger partial charge < -0.3 is 4.74 Å². The number of aromatic nitrogens is 4. The molecule has 0 spiro atoms. The lowest BCUT2D eigenvalue weighted by molar-refractivity contribution is -0.599. The molecule has 0 amide bonds. The molecule has 5 heteroatoms. The maximum atomic E-state index is 7.12. The molecule has 0 aliphatic rings. The molecule has 10 rings (SSSR count). The Bertz CT molecular complexity index is 3630. The summed E-state index contributed by atoms with van der Waals surface area (Å²) in [5.41, 5.74) is 14.1. The van der Waals surface area contributed by atoms with E-state index in [1.54, 1.807) is 0 Å². The molecule has 0 aliphatic carbocycles. The molecule has 0 radical (unpaired) electrons. The summed E-state index contributed by atoms with van der Waals surface area (Å²) in [5.74, 6) is 2.37. The van der Waals surface area contributed by atoms with Gasteiger partial charge in [0.15, 0.2) is 0 Å². The summed E-state index contributed by atoms with van der Waals surface area (Å²) >= 11 is 0. The molecule has 3 heterocycles. The summed E-state index contributed by atoms with van der Waals surface area (Å²) < 4.78 is 13.9. The van der Waals surface area contributed by atoms with Crippen LogP contribution in [0.2, 0.25) is 0 Å². The Morgan fingerprint density at radius 1 is 0.438 bits per heavy atom. The molecule has 0 N–H and O–H groups in total. The number of pyridine rings is 1. The number of ether oxygens (including phenoxy) is 1. The minimum absolute atomic E-state index is 0.0493. The SMILES string of the molecule is CC(C)(C)c1cc(Oc2ccc3c4cc(-c5ccccc5)ccc4n(-c4cc(C(C)(C)C)ccn4)c3c2)cc(-n2[c-][n+](-c3cc(C(C)(C)C)cc(C(C)(C)c4ccccc4)c3)cc2C(C)(C)c2ccccc2)c1. The highest BCUT2D eigenvalue weighted by Gasteiger charge is 2.31. The van der Waals surface area contributed by atoms with Crippen LogP contribution in [0.15, 0.2) is 188 Å². The van der Waals surface area contributed by atoms with Gasteiger partial charge in [-0.2, -0.15) is 0 Å². The Balaban J connectivity index is 1.14.